The molecule has 0 heterocycles. The summed E-state index contributed by atoms with van der Waals surface area (Å²) < 4.78 is 55.3. The SMILES string of the molecule is CCCCCCCCCCCCOCCOCCOCCOCC(C)OS(=O)(=O)O. The van der Waals surface area contributed by atoms with Gasteiger partial charge in [0.1, 0.15) is 0 Å². The summed E-state index contributed by atoms with van der Waals surface area (Å²) >= 11 is 0. The second kappa shape index (κ2) is 21.9. The zero-order valence-corrected chi connectivity index (χ0v) is 19.8. The zero-order valence-electron chi connectivity index (χ0n) is 19.0. The molecule has 0 bridgehead atoms. The van der Waals surface area contributed by atoms with Gasteiger partial charge in [-0.3, -0.25) is 4.55 Å². The summed E-state index contributed by atoms with van der Waals surface area (Å²) in [5.74, 6) is 0. The molecule has 0 spiro atoms. The van der Waals surface area contributed by atoms with Crippen LogP contribution < -0.4 is 0 Å². The maximum Gasteiger partial charge on any atom is 0.397 e. The second-order valence-electron chi connectivity index (χ2n) is 7.43. The van der Waals surface area contributed by atoms with Crippen molar-refractivity contribution in [3.05, 3.63) is 0 Å². The minimum atomic E-state index is -4.44. The molecule has 30 heavy (non-hydrogen) atoms. The second-order valence-corrected chi connectivity index (χ2v) is 8.48. The Labute approximate surface area is 183 Å². The molecule has 1 N–H and O–H groups in total. The first-order valence-electron chi connectivity index (χ1n) is 11.4. The van der Waals surface area contributed by atoms with Gasteiger partial charge in [-0.25, -0.2) is 4.18 Å². The maximum absolute atomic E-state index is 10.5. The van der Waals surface area contributed by atoms with E-state index in [1.54, 1.807) is 0 Å². The highest BCUT2D eigenvalue weighted by Crippen LogP contribution is 2.10. The lowest BCUT2D eigenvalue weighted by Crippen LogP contribution is -2.21. The van der Waals surface area contributed by atoms with Crippen LogP contribution in [-0.2, 0) is 33.5 Å². The fourth-order valence-corrected chi connectivity index (χ4v) is 3.31. The van der Waals surface area contributed by atoms with E-state index in [0.717, 1.165) is 13.0 Å². The molecule has 1 unspecified atom stereocenters. The standard InChI is InChI=1S/C21H44O8S/c1-3-4-5-6-7-8-9-10-11-12-13-25-14-15-26-16-17-27-18-19-28-20-21(2)29-30(22,23)24/h21H,3-20H2,1-2H3,(H,22,23,24). The van der Waals surface area contributed by atoms with Crippen molar-refractivity contribution in [3.63, 3.8) is 0 Å². The fourth-order valence-electron chi connectivity index (χ4n) is 2.84. The molecule has 0 aliphatic rings. The number of rotatable bonds is 24. The minimum absolute atomic E-state index is 0.0516. The molecule has 0 aliphatic carbocycles. The van der Waals surface area contributed by atoms with Crippen molar-refractivity contribution >= 4 is 10.4 Å². The van der Waals surface area contributed by atoms with Crippen molar-refractivity contribution < 1.29 is 36.1 Å². The minimum Gasteiger partial charge on any atom is -0.379 e. The number of hydrogen-bond acceptors (Lipinski definition) is 7. The van der Waals surface area contributed by atoms with Gasteiger partial charge in [0.05, 0.1) is 52.4 Å². The number of hydrogen-bond donors (Lipinski definition) is 1. The monoisotopic (exact) mass is 456 g/mol. The first-order valence-corrected chi connectivity index (χ1v) is 12.8. The third-order valence-corrected chi connectivity index (χ3v) is 4.97. The van der Waals surface area contributed by atoms with Gasteiger partial charge in [0, 0.05) is 6.61 Å². The third kappa shape index (κ3) is 25.7. The van der Waals surface area contributed by atoms with E-state index in [4.69, 9.17) is 23.5 Å². The quantitative estimate of drug-likeness (QED) is 0.170. The topological polar surface area (TPSA) is 101 Å². The molecule has 0 saturated heterocycles. The van der Waals surface area contributed by atoms with Gasteiger partial charge in [-0.2, -0.15) is 8.42 Å². The van der Waals surface area contributed by atoms with E-state index in [2.05, 4.69) is 11.1 Å². The molecule has 0 aromatic rings. The number of ether oxygens (including phenoxy) is 4. The van der Waals surface area contributed by atoms with Crippen molar-refractivity contribution in [2.75, 3.05) is 52.9 Å². The van der Waals surface area contributed by atoms with Gasteiger partial charge >= 0.3 is 10.4 Å². The Kier molecular flexibility index (Phi) is 21.7. The molecule has 8 nitrogen and oxygen atoms in total. The van der Waals surface area contributed by atoms with Crippen LogP contribution in [0, 0.1) is 0 Å². The van der Waals surface area contributed by atoms with Crippen LogP contribution >= 0.6 is 0 Å². The number of unbranched alkanes of at least 4 members (excludes halogenated alkanes) is 9. The highest BCUT2D eigenvalue weighted by molar-refractivity contribution is 7.80. The largest absolute Gasteiger partial charge is 0.397 e. The highest BCUT2D eigenvalue weighted by Gasteiger charge is 2.11. The normalized spacial score (nSPS) is 13.0. The van der Waals surface area contributed by atoms with Crippen LogP contribution in [0.2, 0.25) is 0 Å². The lowest BCUT2D eigenvalue weighted by Gasteiger charge is -2.11. The Morgan fingerprint density at radius 3 is 1.50 bits per heavy atom. The molecule has 0 aliphatic heterocycles. The molecule has 0 aromatic heterocycles. The van der Waals surface area contributed by atoms with Crippen LogP contribution in [0.15, 0.2) is 0 Å². The van der Waals surface area contributed by atoms with E-state index in [-0.39, 0.29) is 6.61 Å². The van der Waals surface area contributed by atoms with Crippen LogP contribution in [-0.4, -0.2) is 71.9 Å². The van der Waals surface area contributed by atoms with Crippen molar-refractivity contribution in [2.24, 2.45) is 0 Å². The molecule has 182 valence electrons. The van der Waals surface area contributed by atoms with E-state index in [0.29, 0.717) is 39.6 Å². The van der Waals surface area contributed by atoms with Crippen LogP contribution in [0.3, 0.4) is 0 Å². The van der Waals surface area contributed by atoms with E-state index < -0.39 is 16.5 Å². The molecular weight excluding hydrogens is 412 g/mol. The van der Waals surface area contributed by atoms with Crippen molar-refractivity contribution in [1.82, 2.24) is 0 Å². The van der Waals surface area contributed by atoms with Gasteiger partial charge in [0.25, 0.3) is 0 Å². The Hall–Kier alpha value is -0.290. The summed E-state index contributed by atoms with van der Waals surface area (Å²) in [6.07, 6.45) is 12.5. The first kappa shape index (κ1) is 29.7. The van der Waals surface area contributed by atoms with Crippen LogP contribution in [0.4, 0.5) is 0 Å². The van der Waals surface area contributed by atoms with Gasteiger partial charge in [0.15, 0.2) is 0 Å². The van der Waals surface area contributed by atoms with Crippen molar-refractivity contribution in [1.29, 1.82) is 0 Å². The van der Waals surface area contributed by atoms with E-state index >= 15 is 0 Å². The van der Waals surface area contributed by atoms with Crippen LogP contribution in [0.25, 0.3) is 0 Å². The van der Waals surface area contributed by atoms with Crippen molar-refractivity contribution in [2.45, 2.75) is 84.2 Å². The Bertz CT molecular complexity index is 444. The smallest absolute Gasteiger partial charge is 0.379 e. The molecule has 0 aromatic carbocycles. The average Bonchev–Trinajstić information content (AvgIpc) is 2.68. The molecule has 1 atom stereocenters. The summed E-state index contributed by atoms with van der Waals surface area (Å²) in [5, 5.41) is 0. The fraction of sp³-hybridized carbons (Fsp3) is 1.00. The van der Waals surface area contributed by atoms with Crippen molar-refractivity contribution in [3.8, 4) is 0 Å². The lowest BCUT2D eigenvalue weighted by molar-refractivity contribution is -0.0118. The summed E-state index contributed by atoms with van der Waals surface area (Å²) in [6.45, 7) is 7.38. The molecule has 0 rings (SSSR count). The average molecular weight is 457 g/mol. The molecule has 0 fully saturated rings. The van der Waals surface area contributed by atoms with E-state index in [9.17, 15) is 8.42 Å². The van der Waals surface area contributed by atoms with Crippen LogP contribution in [0.5, 0.6) is 0 Å². The summed E-state index contributed by atoms with van der Waals surface area (Å²) in [7, 11) is -4.44. The predicted octanol–water partition coefficient (Wildman–Crippen LogP) is 4.18. The van der Waals surface area contributed by atoms with Gasteiger partial charge in [-0.1, -0.05) is 64.7 Å². The Balaban J connectivity index is 3.11. The maximum atomic E-state index is 10.5. The molecule has 0 saturated carbocycles. The Morgan fingerprint density at radius 2 is 1.03 bits per heavy atom. The zero-order chi connectivity index (χ0) is 22.3. The highest BCUT2D eigenvalue weighted by atomic mass is 32.3. The lowest BCUT2D eigenvalue weighted by atomic mass is 10.1. The molecule has 9 heteroatoms. The first-order chi connectivity index (χ1) is 14.5. The van der Waals surface area contributed by atoms with Gasteiger partial charge in [-0.15, -0.1) is 0 Å². The van der Waals surface area contributed by atoms with E-state index in [1.807, 2.05) is 0 Å². The third-order valence-electron chi connectivity index (χ3n) is 4.40. The predicted molar refractivity (Wildman–Crippen MR) is 117 cm³/mol. The summed E-state index contributed by atoms with van der Waals surface area (Å²) in [5.41, 5.74) is 0. The van der Waals surface area contributed by atoms with Gasteiger partial charge in [-0.05, 0) is 13.3 Å². The Morgan fingerprint density at radius 1 is 0.633 bits per heavy atom. The molecule has 0 radical (unpaired) electrons. The molecule has 0 amide bonds. The summed E-state index contributed by atoms with van der Waals surface area (Å²) in [4.78, 5) is 0. The summed E-state index contributed by atoms with van der Waals surface area (Å²) in [6, 6.07) is 0. The van der Waals surface area contributed by atoms with E-state index in [1.165, 1.54) is 64.7 Å². The van der Waals surface area contributed by atoms with Gasteiger partial charge in [0.2, 0.25) is 0 Å². The van der Waals surface area contributed by atoms with Gasteiger partial charge < -0.3 is 18.9 Å². The van der Waals surface area contributed by atoms with Crippen LogP contribution in [0.1, 0.15) is 78.1 Å². The molecular formula is C21H44O8S.